The van der Waals surface area contributed by atoms with Crippen LogP contribution in [0.1, 0.15) is 31.2 Å². The maximum atomic E-state index is 13.1. The number of likely N-dealkylation sites (N-methyl/N-ethyl adjacent to an activating group) is 3. The Morgan fingerprint density at radius 2 is 1.53 bits per heavy atom. The van der Waals surface area contributed by atoms with Crippen LogP contribution in [0.2, 0.25) is 0 Å². The highest BCUT2D eigenvalue weighted by Crippen LogP contribution is 2.43. The molecule has 32 heavy (non-hydrogen) atoms. The minimum absolute atomic E-state index is 0.0929. The number of quaternary nitrogens is 1. The lowest BCUT2D eigenvalue weighted by atomic mass is 9.83. The topological polar surface area (TPSA) is 65.4 Å². The Balaban J connectivity index is 1.94. The van der Waals surface area contributed by atoms with E-state index in [2.05, 4.69) is 31.1 Å². The highest BCUT2D eigenvalue weighted by atomic mass is 16.2. The number of imide groups is 2. The molecule has 1 aromatic rings. The van der Waals surface area contributed by atoms with Gasteiger partial charge in [-0.25, -0.2) is 4.79 Å². The van der Waals surface area contributed by atoms with Crippen molar-refractivity contribution in [3.63, 3.8) is 0 Å². The molecule has 1 aromatic carbocycles. The van der Waals surface area contributed by atoms with Crippen LogP contribution in [0.4, 0.5) is 4.79 Å². The molecule has 1 aliphatic carbocycles. The standard InChI is InChI=1S/C25H30N4O3/c1-26(2)14-15-29-20-13-9-8-12-18(20)19(16-21(29)17-10-6-5-7-11-17)22-23(30)27(3)25(32)28(4)24(22)31/h5-7,10-11,16H,8-9,12-15H2,1-4H3/p+1. The number of carbonyl (C=O) groups excluding carboxylic acids is 3. The third kappa shape index (κ3) is 3.77. The fraction of sp³-hybridized carbons (Fsp3) is 0.400. The number of hydrogen-bond acceptors (Lipinski definition) is 4. The number of carbonyl (C=O) groups is 3. The van der Waals surface area contributed by atoms with E-state index < -0.39 is 17.8 Å². The molecule has 2 aliphatic heterocycles. The van der Waals surface area contributed by atoms with Gasteiger partial charge in [0.15, 0.2) is 0 Å². The van der Waals surface area contributed by atoms with Crippen LogP contribution in [0.15, 0.2) is 58.8 Å². The zero-order chi connectivity index (χ0) is 23.0. The first-order chi connectivity index (χ1) is 15.3. The van der Waals surface area contributed by atoms with Crippen LogP contribution >= 0.6 is 0 Å². The van der Waals surface area contributed by atoms with Gasteiger partial charge in [-0.15, -0.1) is 0 Å². The van der Waals surface area contributed by atoms with Gasteiger partial charge >= 0.3 is 6.03 Å². The number of urea groups is 1. The number of nitrogens with one attached hydrogen (secondary N) is 1. The van der Waals surface area contributed by atoms with Crippen LogP contribution in [0, 0.1) is 0 Å². The Kier molecular flexibility index (Phi) is 6.02. The molecule has 168 valence electrons. The summed E-state index contributed by atoms with van der Waals surface area (Å²) in [5, 5.41) is 0. The monoisotopic (exact) mass is 435 g/mol. The van der Waals surface area contributed by atoms with Crippen LogP contribution < -0.4 is 4.90 Å². The fourth-order valence-corrected chi connectivity index (χ4v) is 4.64. The molecule has 4 amide bonds. The summed E-state index contributed by atoms with van der Waals surface area (Å²) < 4.78 is 0. The lowest BCUT2D eigenvalue weighted by Gasteiger charge is -2.39. The summed E-state index contributed by atoms with van der Waals surface area (Å²) in [4.78, 5) is 44.4. The lowest BCUT2D eigenvalue weighted by Crippen LogP contribution is -3.06. The molecule has 0 saturated carbocycles. The third-order valence-electron chi connectivity index (χ3n) is 6.45. The number of nitrogens with zero attached hydrogens (tertiary/aromatic N) is 3. The van der Waals surface area contributed by atoms with Crippen molar-refractivity contribution in [3.05, 3.63) is 64.4 Å². The fourth-order valence-electron chi connectivity index (χ4n) is 4.64. The van der Waals surface area contributed by atoms with Gasteiger partial charge in [0.1, 0.15) is 5.57 Å². The quantitative estimate of drug-likeness (QED) is 0.577. The Hall–Kier alpha value is -3.19. The number of amides is 4. The molecule has 1 N–H and O–H groups in total. The molecule has 4 rings (SSSR count). The second kappa shape index (κ2) is 8.74. The maximum Gasteiger partial charge on any atom is 0.333 e. The molecule has 1 saturated heterocycles. The van der Waals surface area contributed by atoms with E-state index in [4.69, 9.17) is 0 Å². The molecule has 0 spiro atoms. The van der Waals surface area contributed by atoms with E-state index in [1.54, 1.807) is 0 Å². The van der Waals surface area contributed by atoms with E-state index in [1.165, 1.54) is 24.7 Å². The summed E-state index contributed by atoms with van der Waals surface area (Å²) in [5.41, 5.74) is 5.08. The molecule has 1 fully saturated rings. The second-order valence-electron chi connectivity index (χ2n) is 8.94. The molecule has 7 nitrogen and oxygen atoms in total. The van der Waals surface area contributed by atoms with Crippen molar-refractivity contribution in [2.45, 2.75) is 25.7 Å². The number of benzene rings is 1. The average Bonchev–Trinajstić information content (AvgIpc) is 2.81. The summed E-state index contributed by atoms with van der Waals surface area (Å²) in [7, 11) is 7.14. The molecule has 0 bridgehead atoms. The van der Waals surface area contributed by atoms with Crippen LogP contribution in [-0.4, -0.2) is 73.8 Å². The molecular formula is C25H31N4O3+. The smallest absolute Gasteiger partial charge is 0.333 e. The first-order valence-corrected chi connectivity index (χ1v) is 11.2. The van der Waals surface area contributed by atoms with Gasteiger partial charge in [-0.3, -0.25) is 19.4 Å². The molecular weight excluding hydrogens is 404 g/mol. The lowest BCUT2D eigenvalue weighted by molar-refractivity contribution is -0.857. The van der Waals surface area contributed by atoms with E-state index in [1.807, 2.05) is 24.3 Å². The summed E-state index contributed by atoms with van der Waals surface area (Å²) in [6.07, 6.45) is 5.82. The van der Waals surface area contributed by atoms with Gasteiger partial charge < -0.3 is 9.80 Å². The SMILES string of the molecule is CN1C(=O)C(=C2C=C(c3ccccc3)N(CC[NH+](C)C)C3=C2CCCC3)C(=O)N(C)C1=O. The summed E-state index contributed by atoms with van der Waals surface area (Å²) in [5.74, 6) is -1.05. The van der Waals surface area contributed by atoms with Crippen molar-refractivity contribution in [2.75, 3.05) is 41.3 Å². The van der Waals surface area contributed by atoms with Crippen LogP contribution in [0.5, 0.6) is 0 Å². The molecule has 0 aromatic heterocycles. The van der Waals surface area contributed by atoms with Crippen LogP contribution in [0.25, 0.3) is 5.70 Å². The van der Waals surface area contributed by atoms with Crippen molar-refractivity contribution >= 4 is 23.5 Å². The van der Waals surface area contributed by atoms with Crippen molar-refractivity contribution < 1.29 is 19.3 Å². The van der Waals surface area contributed by atoms with Crippen molar-refractivity contribution in [2.24, 2.45) is 0 Å². The molecule has 3 aliphatic rings. The maximum absolute atomic E-state index is 13.1. The van der Waals surface area contributed by atoms with E-state index in [9.17, 15) is 14.4 Å². The van der Waals surface area contributed by atoms with E-state index >= 15 is 0 Å². The molecule has 2 heterocycles. The molecule has 0 unspecified atom stereocenters. The van der Waals surface area contributed by atoms with Crippen molar-refractivity contribution in [3.8, 4) is 0 Å². The van der Waals surface area contributed by atoms with Gasteiger partial charge in [-0.1, -0.05) is 30.3 Å². The highest BCUT2D eigenvalue weighted by molar-refractivity contribution is 6.29. The number of hydrogen-bond donors (Lipinski definition) is 1. The van der Waals surface area contributed by atoms with E-state index in [0.717, 1.165) is 65.4 Å². The van der Waals surface area contributed by atoms with Crippen molar-refractivity contribution in [1.29, 1.82) is 0 Å². The average molecular weight is 436 g/mol. The predicted molar refractivity (Wildman–Crippen MR) is 122 cm³/mol. The first-order valence-electron chi connectivity index (χ1n) is 11.2. The van der Waals surface area contributed by atoms with Crippen molar-refractivity contribution in [1.82, 2.24) is 14.7 Å². The molecule has 0 radical (unpaired) electrons. The molecule has 7 heteroatoms. The number of barbiturate groups is 1. The predicted octanol–water partition coefficient (Wildman–Crippen LogP) is 1.66. The third-order valence-corrected chi connectivity index (χ3v) is 6.45. The van der Waals surface area contributed by atoms with Gasteiger partial charge in [0, 0.05) is 25.5 Å². The van der Waals surface area contributed by atoms with Gasteiger partial charge in [0.05, 0.1) is 27.2 Å². The zero-order valence-corrected chi connectivity index (χ0v) is 19.3. The summed E-state index contributed by atoms with van der Waals surface area (Å²) in [6.45, 7) is 1.81. The van der Waals surface area contributed by atoms with Crippen LogP contribution in [0.3, 0.4) is 0 Å². The zero-order valence-electron chi connectivity index (χ0n) is 19.3. The minimum atomic E-state index is -0.596. The largest absolute Gasteiger partial charge is 0.339 e. The van der Waals surface area contributed by atoms with Crippen LogP contribution in [-0.2, 0) is 9.59 Å². The van der Waals surface area contributed by atoms with Gasteiger partial charge in [-0.2, -0.15) is 0 Å². The van der Waals surface area contributed by atoms with E-state index in [0.29, 0.717) is 5.57 Å². The van der Waals surface area contributed by atoms with E-state index in [-0.39, 0.29) is 5.57 Å². The van der Waals surface area contributed by atoms with Gasteiger partial charge in [0.25, 0.3) is 11.8 Å². The highest BCUT2D eigenvalue weighted by Gasteiger charge is 2.42. The molecule has 0 atom stereocenters. The Morgan fingerprint density at radius 3 is 2.16 bits per heavy atom. The number of rotatable bonds is 4. The Bertz CT molecular complexity index is 1030. The first kappa shape index (κ1) is 22.0. The number of allylic oxidation sites excluding steroid dienone is 4. The normalized spacial score (nSPS) is 19.8. The second-order valence-corrected chi connectivity index (χ2v) is 8.94. The summed E-state index contributed by atoms with van der Waals surface area (Å²) >= 11 is 0. The van der Waals surface area contributed by atoms with Gasteiger partial charge in [0.2, 0.25) is 0 Å². The van der Waals surface area contributed by atoms with Gasteiger partial charge in [-0.05, 0) is 48.5 Å². The summed E-state index contributed by atoms with van der Waals surface area (Å²) in [6, 6.07) is 9.51. The Morgan fingerprint density at radius 1 is 0.906 bits per heavy atom. The Labute approximate surface area is 189 Å². The minimum Gasteiger partial charge on any atom is -0.339 e.